The Labute approximate surface area is 252 Å². The highest BCUT2D eigenvalue weighted by molar-refractivity contribution is 5.84. The molecular formula is C35H64N2O4. The Balaban J connectivity index is 3.82. The first-order chi connectivity index (χ1) is 20.0. The maximum absolute atomic E-state index is 12.4. The van der Waals surface area contributed by atoms with E-state index in [9.17, 15) is 14.4 Å². The third kappa shape index (κ3) is 27.8. The third-order valence-electron chi connectivity index (χ3n) is 7.39. The summed E-state index contributed by atoms with van der Waals surface area (Å²) in [6.45, 7) is 5.03. The maximum atomic E-state index is 12.4. The first kappa shape index (κ1) is 38.9. The number of rotatable bonds is 29. The number of allylic oxidation sites excluding steroid dienone is 4. The number of carbonyl (C=O) groups excluding carboxylic acids is 3. The van der Waals surface area contributed by atoms with Crippen LogP contribution in [-0.2, 0) is 19.1 Å². The zero-order valence-corrected chi connectivity index (χ0v) is 27.0. The van der Waals surface area contributed by atoms with Gasteiger partial charge in [-0.2, -0.15) is 0 Å². The molecule has 2 amide bonds. The lowest BCUT2D eigenvalue weighted by Gasteiger charge is -2.16. The molecule has 0 aromatic heterocycles. The van der Waals surface area contributed by atoms with Gasteiger partial charge in [-0.1, -0.05) is 102 Å². The van der Waals surface area contributed by atoms with Crippen LogP contribution in [0.5, 0.6) is 0 Å². The minimum absolute atomic E-state index is 0.0870. The Morgan fingerprint density at radius 2 is 1.05 bits per heavy atom. The van der Waals surface area contributed by atoms with Gasteiger partial charge in [-0.25, -0.2) is 4.79 Å². The molecule has 41 heavy (non-hydrogen) atoms. The lowest BCUT2D eigenvalue weighted by Crippen LogP contribution is -2.41. The van der Waals surface area contributed by atoms with Crippen molar-refractivity contribution in [1.29, 1.82) is 0 Å². The van der Waals surface area contributed by atoms with Gasteiger partial charge in [-0.3, -0.25) is 9.59 Å². The highest BCUT2D eigenvalue weighted by Gasteiger charge is 2.20. The van der Waals surface area contributed by atoms with E-state index in [1.54, 1.807) is 0 Å². The number of amides is 2. The van der Waals surface area contributed by atoms with Crippen LogP contribution in [0.1, 0.15) is 162 Å². The van der Waals surface area contributed by atoms with Gasteiger partial charge >= 0.3 is 5.97 Å². The lowest BCUT2D eigenvalue weighted by atomic mass is 10.1. The second-order valence-corrected chi connectivity index (χ2v) is 11.3. The largest absolute Gasteiger partial charge is 0.467 e. The van der Waals surface area contributed by atoms with E-state index in [0.717, 1.165) is 51.4 Å². The van der Waals surface area contributed by atoms with Crippen LogP contribution < -0.4 is 10.6 Å². The van der Waals surface area contributed by atoms with Gasteiger partial charge in [0.1, 0.15) is 6.04 Å². The van der Waals surface area contributed by atoms with Crippen LogP contribution in [0.2, 0.25) is 0 Å². The molecule has 0 aromatic rings. The summed E-state index contributed by atoms with van der Waals surface area (Å²) >= 11 is 0. The number of methoxy groups -OCH3 is 1. The fourth-order valence-corrected chi connectivity index (χ4v) is 4.72. The van der Waals surface area contributed by atoms with E-state index < -0.39 is 12.0 Å². The van der Waals surface area contributed by atoms with Crippen LogP contribution in [0.4, 0.5) is 0 Å². The highest BCUT2D eigenvalue weighted by atomic mass is 16.5. The van der Waals surface area contributed by atoms with Crippen molar-refractivity contribution < 1.29 is 19.1 Å². The van der Waals surface area contributed by atoms with E-state index in [1.165, 1.54) is 84.2 Å². The molecule has 0 heterocycles. The molecule has 0 unspecified atom stereocenters. The fraction of sp³-hybridized carbons (Fsp3) is 0.800. The normalized spacial score (nSPS) is 12.2. The van der Waals surface area contributed by atoms with Crippen molar-refractivity contribution in [2.75, 3.05) is 13.7 Å². The molecule has 0 spiro atoms. The van der Waals surface area contributed by atoms with Crippen molar-refractivity contribution >= 4 is 17.8 Å². The molecule has 0 aliphatic heterocycles. The van der Waals surface area contributed by atoms with Crippen molar-refractivity contribution in [2.45, 2.75) is 168 Å². The Kier molecular flexibility index (Phi) is 29.3. The molecule has 238 valence electrons. The van der Waals surface area contributed by atoms with E-state index in [1.807, 2.05) is 0 Å². The summed E-state index contributed by atoms with van der Waals surface area (Å²) in [5.41, 5.74) is 0. The first-order valence-corrected chi connectivity index (χ1v) is 17.0. The Hall–Kier alpha value is -2.11. The predicted molar refractivity (Wildman–Crippen MR) is 173 cm³/mol. The van der Waals surface area contributed by atoms with Crippen LogP contribution in [0.15, 0.2) is 24.3 Å². The minimum Gasteiger partial charge on any atom is -0.467 e. The zero-order chi connectivity index (χ0) is 30.2. The van der Waals surface area contributed by atoms with Gasteiger partial charge in [-0.15, -0.1) is 0 Å². The summed E-state index contributed by atoms with van der Waals surface area (Å²) < 4.78 is 4.89. The number of esters is 1. The van der Waals surface area contributed by atoms with E-state index >= 15 is 0 Å². The molecule has 0 aromatic carbocycles. The van der Waals surface area contributed by atoms with Crippen molar-refractivity contribution in [2.24, 2.45) is 0 Å². The van der Waals surface area contributed by atoms with Crippen LogP contribution in [-0.4, -0.2) is 37.5 Å². The van der Waals surface area contributed by atoms with E-state index in [2.05, 4.69) is 48.8 Å². The molecule has 2 N–H and O–H groups in total. The molecule has 0 fully saturated rings. The molecule has 0 bridgehead atoms. The Morgan fingerprint density at radius 1 is 0.585 bits per heavy atom. The average molecular weight is 577 g/mol. The number of carbonyl (C=O) groups is 3. The van der Waals surface area contributed by atoms with Gasteiger partial charge in [0.05, 0.1) is 7.11 Å². The number of ether oxygens (including phenoxy) is 1. The summed E-state index contributed by atoms with van der Waals surface area (Å²) in [7, 11) is 1.35. The maximum Gasteiger partial charge on any atom is 0.328 e. The Bertz CT molecular complexity index is 690. The molecule has 0 aliphatic carbocycles. The summed E-state index contributed by atoms with van der Waals surface area (Å²) in [5.74, 6) is -0.386. The second kappa shape index (κ2) is 30.8. The van der Waals surface area contributed by atoms with Crippen molar-refractivity contribution in [3.63, 3.8) is 0 Å². The molecule has 0 rings (SSSR count). The standard InChI is InChI=1S/C35H64N2O4/c1-4-6-8-10-12-14-16-18-20-22-24-29-33(38)36-31-27-26-28-32(35(40)41-3)37-34(39)30-25-23-21-19-17-15-13-11-9-7-5-2/h10-13,32H,4-9,14-31H2,1-3H3,(H,36,38)(H,37,39)/b12-10-,13-11-/t32-/m0/s1. The molecule has 6 nitrogen and oxygen atoms in total. The monoisotopic (exact) mass is 576 g/mol. The molecule has 0 aliphatic rings. The second-order valence-electron chi connectivity index (χ2n) is 11.3. The molecule has 0 saturated heterocycles. The Morgan fingerprint density at radius 3 is 1.56 bits per heavy atom. The molecule has 0 radical (unpaired) electrons. The van der Waals surface area contributed by atoms with Gasteiger partial charge in [0.25, 0.3) is 0 Å². The van der Waals surface area contributed by atoms with Crippen LogP contribution in [0.25, 0.3) is 0 Å². The van der Waals surface area contributed by atoms with E-state index in [-0.39, 0.29) is 11.8 Å². The molecule has 1 atom stereocenters. The van der Waals surface area contributed by atoms with Gasteiger partial charge in [-0.05, 0) is 70.6 Å². The van der Waals surface area contributed by atoms with Gasteiger partial charge in [0, 0.05) is 19.4 Å². The van der Waals surface area contributed by atoms with Crippen LogP contribution in [0.3, 0.4) is 0 Å². The van der Waals surface area contributed by atoms with Crippen LogP contribution >= 0.6 is 0 Å². The van der Waals surface area contributed by atoms with Gasteiger partial charge < -0.3 is 15.4 Å². The topological polar surface area (TPSA) is 84.5 Å². The van der Waals surface area contributed by atoms with Gasteiger partial charge in [0.15, 0.2) is 0 Å². The zero-order valence-electron chi connectivity index (χ0n) is 27.0. The van der Waals surface area contributed by atoms with Crippen molar-refractivity contribution in [3.05, 3.63) is 24.3 Å². The quantitative estimate of drug-likeness (QED) is 0.0529. The van der Waals surface area contributed by atoms with Gasteiger partial charge in [0.2, 0.25) is 11.8 Å². The fourth-order valence-electron chi connectivity index (χ4n) is 4.72. The first-order valence-electron chi connectivity index (χ1n) is 17.0. The number of unbranched alkanes of at least 4 members (excludes halogenated alkanes) is 15. The van der Waals surface area contributed by atoms with Crippen molar-refractivity contribution in [1.82, 2.24) is 10.6 Å². The van der Waals surface area contributed by atoms with E-state index in [4.69, 9.17) is 4.74 Å². The SMILES string of the molecule is CCCC/C=C\CCCCCCCC(=O)NCCCC[C@H](NC(=O)CCCCCCC/C=C\CCCC)C(=O)OC. The molecule has 6 heteroatoms. The van der Waals surface area contributed by atoms with Crippen molar-refractivity contribution in [3.8, 4) is 0 Å². The summed E-state index contributed by atoms with van der Waals surface area (Å²) in [5, 5.41) is 5.84. The lowest BCUT2D eigenvalue weighted by molar-refractivity contribution is -0.145. The number of nitrogens with one attached hydrogen (secondary N) is 2. The predicted octanol–water partition coefficient (Wildman–Crippen LogP) is 8.88. The number of hydrogen-bond donors (Lipinski definition) is 2. The smallest absolute Gasteiger partial charge is 0.328 e. The highest BCUT2D eigenvalue weighted by Crippen LogP contribution is 2.10. The number of hydrogen-bond acceptors (Lipinski definition) is 4. The average Bonchev–Trinajstić information content (AvgIpc) is 2.97. The van der Waals surface area contributed by atoms with E-state index in [0.29, 0.717) is 25.8 Å². The third-order valence-corrected chi connectivity index (χ3v) is 7.39. The molecular weight excluding hydrogens is 512 g/mol. The summed E-state index contributed by atoms with van der Waals surface area (Å²) in [6.07, 6.45) is 33.1. The minimum atomic E-state index is -0.616. The molecule has 0 saturated carbocycles. The summed E-state index contributed by atoms with van der Waals surface area (Å²) in [6, 6.07) is -0.616. The summed E-state index contributed by atoms with van der Waals surface area (Å²) in [4.78, 5) is 36.6. The van der Waals surface area contributed by atoms with Crippen LogP contribution in [0, 0.1) is 0 Å².